The number of hydrogen-bond acceptors (Lipinski definition) is 3. The smallest absolute Gasteiger partial charge is 0.118 e. The number of rotatable bonds is 7. The van der Waals surface area contributed by atoms with Crippen LogP contribution in [0, 0.1) is 0 Å². The van der Waals surface area contributed by atoms with E-state index in [4.69, 9.17) is 4.74 Å². The van der Waals surface area contributed by atoms with Crippen molar-refractivity contribution in [3.63, 3.8) is 0 Å². The average Bonchev–Trinajstić information content (AvgIpc) is 2.34. The average molecular weight is 237 g/mol. The zero-order valence-electron chi connectivity index (χ0n) is 10.9. The van der Waals surface area contributed by atoms with E-state index >= 15 is 0 Å². The molecular formula is C14H23NO2. The van der Waals surface area contributed by atoms with Crippen molar-refractivity contribution in [2.24, 2.45) is 0 Å². The summed E-state index contributed by atoms with van der Waals surface area (Å²) in [5.41, 5.74) is 1.24. The molecule has 0 saturated carbocycles. The second kappa shape index (κ2) is 7.30. The molecule has 0 spiro atoms. The van der Waals surface area contributed by atoms with Gasteiger partial charge >= 0.3 is 0 Å². The van der Waals surface area contributed by atoms with Crippen LogP contribution in [-0.2, 0) is 0 Å². The van der Waals surface area contributed by atoms with Gasteiger partial charge in [-0.05, 0) is 31.0 Å². The van der Waals surface area contributed by atoms with E-state index in [1.54, 1.807) is 14.0 Å². The van der Waals surface area contributed by atoms with Crippen molar-refractivity contribution < 1.29 is 9.84 Å². The van der Waals surface area contributed by atoms with Crippen LogP contribution in [0.3, 0.4) is 0 Å². The molecular weight excluding hydrogens is 214 g/mol. The van der Waals surface area contributed by atoms with Crippen LogP contribution in [-0.4, -0.2) is 24.9 Å². The molecule has 3 nitrogen and oxygen atoms in total. The fraction of sp³-hybridized carbons (Fsp3) is 0.571. The predicted octanol–water partition coefficient (Wildman–Crippen LogP) is 2.51. The Balaban J connectivity index is 2.67. The monoisotopic (exact) mass is 237 g/mol. The van der Waals surface area contributed by atoms with Crippen molar-refractivity contribution in [1.82, 2.24) is 5.32 Å². The number of ether oxygens (including phenoxy) is 1. The summed E-state index contributed by atoms with van der Waals surface area (Å²) in [6, 6.07) is 8.41. The zero-order chi connectivity index (χ0) is 12.7. The van der Waals surface area contributed by atoms with Crippen LogP contribution < -0.4 is 10.1 Å². The molecule has 0 aliphatic heterocycles. The lowest BCUT2D eigenvalue weighted by Crippen LogP contribution is -2.28. The summed E-state index contributed by atoms with van der Waals surface area (Å²) in [6.07, 6.45) is 1.87. The maximum Gasteiger partial charge on any atom is 0.118 e. The van der Waals surface area contributed by atoms with Gasteiger partial charge in [0.05, 0.1) is 13.2 Å². The van der Waals surface area contributed by atoms with E-state index in [9.17, 15) is 5.11 Å². The van der Waals surface area contributed by atoms with E-state index < -0.39 is 0 Å². The van der Waals surface area contributed by atoms with Gasteiger partial charge in [0.2, 0.25) is 0 Å². The van der Waals surface area contributed by atoms with Crippen LogP contribution in [0.15, 0.2) is 24.3 Å². The quantitative estimate of drug-likeness (QED) is 0.765. The van der Waals surface area contributed by atoms with Gasteiger partial charge in [0.25, 0.3) is 0 Å². The number of aliphatic hydroxyl groups is 1. The van der Waals surface area contributed by atoms with Gasteiger partial charge in [0.1, 0.15) is 5.75 Å². The Morgan fingerprint density at radius 3 is 2.41 bits per heavy atom. The molecule has 0 aliphatic carbocycles. The Kier molecular flexibility index (Phi) is 6.01. The zero-order valence-corrected chi connectivity index (χ0v) is 10.9. The topological polar surface area (TPSA) is 41.5 Å². The van der Waals surface area contributed by atoms with Crippen molar-refractivity contribution in [3.8, 4) is 5.75 Å². The maximum atomic E-state index is 9.32. The van der Waals surface area contributed by atoms with Gasteiger partial charge in [-0.25, -0.2) is 0 Å². The molecule has 0 radical (unpaired) electrons. The third kappa shape index (κ3) is 4.75. The fourth-order valence-corrected chi connectivity index (χ4v) is 1.82. The highest BCUT2D eigenvalue weighted by molar-refractivity contribution is 5.29. The molecule has 3 heteroatoms. The summed E-state index contributed by atoms with van der Waals surface area (Å²) >= 11 is 0. The van der Waals surface area contributed by atoms with Gasteiger partial charge in [-0.2, -0.15) is 0 Å². The number of aliphatic hydroxyl groups excluding tert-OH is 1. The molecule has 17 heavy (non-hydrogen) atoms. The number of benzene rings is 1. The number of nitrogens with one attached hydrogen (secondary N) is 1. The molecule has 0 aromatic heterocycles. The van der Waals surface area contributed by atoms with E-state index in [1.807, 2.05) is 12.1 Å². The van der Waals surface area contributed by atoms with E-state index in [1.165, 1.54) is 5.56 Å². The first-order valence-electron chi connectivity index (χ1n) is 6.22. The molecule has 2 N–H and O–H groups in total. The first kappa shape index (κ1) is 14.0. The summed E-state index contributed by atoms with van der Waals surface area (Å²) in [5.74, 6) is 0.875. The van der Waals surface area contributed by atoms with Crippen LogP contribution in [0.2, 0.25) is 0 Å². The third-order valence-electron chi connectivity index (χ3n) is 2.76. The van der Waals surface area contributed by atoms with Gasteiger partial charge in [0.15, 0.2) is 0 Å². The van der Waals surface area contributed by atoms with Crippen molar-refractivity contribution in [3.05, 3.63) is 29.8 Å². The van der Waals surface area contributed by atoms with E-state index in [-0.39, 0.29) is 6.10 Å². The Morgan fingerprint density at radius 1 is 1.29 bits per heavy atom. The Morgan fingerprint density at radius 2 is 1.94 bits per heavy atom. The molecule has 0 amide bonds. The van der Waals surface area contributed by atoms with Crippen molar-refractivity contribution in [2.45, 2.75) is 38.8 Å². The minimum absolute atomic E-state index is 0.306. The van der Waals surface area contributed by atoms with Crippen molar-refractivity contribution in [1.29, 1.82) is 0 Å². The molecule has 0 heterocycles. The van der Waals surface area contributed by atoms with Gasteiger partial charge in [-0.3, -0.25) is 0 Å². The molecule has 0 bridgehead atoms. The Labute approximate surface area is 104 Å². The van der Waals surface area contributed by atoms with E-state index in [0.717, 1.165) is 18.6 Å². The molecule has 0 aliphatic rings. The molecule has 2 atom stereocenters. The second-order valence-corrected chi connectivity index (χ2v) is 4.37. The lowest BCUT2D eigenvalue weighted by Gasteiger charge is -2.19. The molecule has 1 aromatic carbocycles. The van der Waals surface area contributed by atoms with Crippen LogP contribution in [0.5, 0.6) is 5.75 Å². The van der Waals surface area contributed by atoms with Crippen molar-refractivity contribution in [2.75, 3.05) is 13.7 Å². The van der Waals surface area contributed by atoms with E-state index in [0.29, 0.717) is 12.6 Å². The largest absolute Gasteiger partial charge is 0.497 e. The first-order chi connectivity index (χ1) is 8.17. The van der Waals surface area contributed by atoms with E-state index in [2.05, 4.69) is 24.4 Å². The predicted molar refractivity (Wildman–Crippen MR) is 70.3 cm³/mol. The maximum absolute atomic E-state index is 9.32. The third-order valence-corrected chi connectivity index (χ3v) is 2.76. The molecule has 2 unspecified atom stereocenters. The normalized spacial score (nSPS) is 14.4. The minimum atomic E-state index is -0.312. The summed E-state index contributed by atoms with van der Waals surface area (Å²) in [6.45, 7) is 4.58. The Bertz CT molecular complexity index is 309. The van der Waals surface area contributed by atoms with Crippen LogP contribution in [0.1, 0.15) is 38.3 Å². The standard InChI is InChI=1S/C14H23NO2/c1-4-5-14(15-10-11(2)16)12-6-8-13(17-3)9-7-12/h6-9,11,14-16H,4-5,10H2,1-3H3. The molecule has 1 aromatic rings. The second-order valence-electron chi connectivity index (χ2n) is 4.37. The number of hydrogen-bond donors (Lipinski definition) is 2. The molecule has 0 saturated heterocycles. The summed E-state index contributed by atoms with van der Waals surface area (Å²) in [4.78, 5) is 0. The SMILES string of the molecule is CCCC(NCC(C)O)c1ccc(OC)cc1. The number of methoxy groups -OCH3 is 1. The molecule has 1 rings (SSSR count). The first-order valence-corrected chi connectivity index (χ1v) is 6.22. The van der Waals surface area contributed by atoms with Gasteiger partial charge in [-0.1, -0.05) is 25.5 Å². The highest BCUT2D eigenvalue weighted by Crippen LogP contribution is 2.21. The Hall–Kier alpha value is -1.06. The lowest BCUT2D eigenvalue weighted by molar-refractivity contribution is 0.185. The van der Waals surface area contributed by atoms with Gasteiger partial charge < -0.3 is 15.2 Å². The van der Waals surface area contributed by atoms with Crippen LogP contribution in [0.4, 0.5) is 0 Å². The van der Waals surface area contributed by atoms with Gasteiger partial charge in [0, 0.05) is 12.6 Å². The summed E-state index contributed by atoms with van der Waals surface area (Å²) in [5, 5.41) is 12.7. The fourth-order valence-electron chi connectivity index (χ4n) is 1.82. The van der Waals surface area contributed by atoms with Crippen LogP contribution >= 0.6 is 0 Å². The van der Waals surface area contributed by atoms with Crippen molar-refractivity contribution >= 4 is 0 Å². The highest BCUT2D eigenvalue weighted by Gasteiger charge is 2.10. The molecule has 0 fully saturated rings. The lowest BCUT2D eigenvalue weighted by atomic mass is 10.0. The highest BCUT2D eigenvalue weighted by atomic mass is 16.5. The minimum Gasteiger partial charge on any atom is -0.497 e. The molecule has 96 valence electrons. The summed E-state index contributed by atoms with van der Waals surface area (Å²) in [7, 11) is 1.67. The van der Waals surface area contributed by atoms with Crippen LogP contribution in [0.25, 0.3) is 0 Å². The summed E-state index contributed by atoms with van der Waals surface area (Å²) < 4.78 is 5.15. The van der Waals surface area contributed by atoms with Gasteiger partial charge in [-0.15, -0.1) is 0 Å².